The largest absolute Gasteiger partial charge is 0.508 e. The van der Waals surface area contributed by atoms with Gasteiger partial charge in [-0.3, -0.25) is 24.1 Å². The minimum absolute atomic E-state index is 0. The summed E-state index contributed by atoms with van der Waals surface area (Å²) in [7, 11) is 8.14. The summed E-state index contributed by atoms with van der Waals surface area (Å²) in [6.45, 7) is -0.0462. The molecule has 3 aliphatic carbocycles. The molecule has 0 aliphatic heterocycles. The van der Waals surface area contributed by atoms with Crippen molar-refractivity contribution in [1.29, 1.82) is 0 Å². The van der Waals surface area contributed by atoms with Crippen LogP contribution in [0.2, 0.25) is 0 Å². The number of likely N-dealkylation sites (N-methyl/N-ethyl adjacent to an activating group) is 2. The number of primary amides is 1. The number of halogens is 2. The lowest BCUT2D eigenvalue weighted by molar-refractivity contribution is -0.153. The number of nitrogens with two attached hydrogens (primary N) is 1. The maximum atomic E-state index is 14.0. The van der Waals surface area contributed by atoms with E-state index in [0.29, 0.717) is 11.3 Å². The molecule has 0 radical (unpaired) electrons. The Morgan fingerprint density at radius 2 is 1.73 bits per heavy atom. The number of benzene rings is 1. The summed E-state index contributed by atoms with van der Waals surface area (Å²) in [5, 5.41) is 50.5. The SMILES string of the molecule is CNCC(=O)Nc1cc(N(C)C)c2c(c1O)C(O)=C1C(=O)[C@]3(O)C(O)=C(C(N)=O)C(=O)[C@@H](N(C)C)C3CC1C2.Cl.Cl. The Morgan fingerprint density at radius 3 is 2.24 bits per heavy atom. The van der Waals surface area contributed by atoms with Crippen molar-refractivity contribution < 1.29 is 39.6 Å². The summed E-state index contributed by atoms with van der Waals surface area (Å²) in [4.78, 5) is 54.7. The van der Waals surface area contributed by atoms with E-state index in [2.05, 4.69) is 10.6 Å². The Kier molecular flexibility index (Phi) is 9.79. The van der Waals surface area contributed by atoms with Crippen LogP contribution in [0, 0.1) is 11.8 Å². The van der Waals surface area contributed by atoms with E-state index in [4.69, 9.17) is 5.73 Å². The summed E-state index contributed by atoms with van der Waals surface area (Å²) < 4.78 is 0. The number of aromatic hydroxyl groups is 1. The monoisotopic (exact) mass is 615 g/mol. The number of ketones is 2. The number of fused-ring (bicyclic) bond motifs is 3. The van der Waals surface area contributed by atoms with Gasteiger partial charge in [0.1, 0.15) is 22.8 Å². The third-order valence-electron chi connectivity index (χ3n) is 7.79. The van der Waals surface area contributed by atoms with Crippen molar-refractivity contribution in [2.45, 2.75) is 24.5 Å². The van der Waals surface area contributed by atoms with Crippen molar-refractivity contribution in [2.75, 3.05) is 52.0 Å². The Hall–Kier alpha value is -3.36. The van der Waals surface area contributed by atoms with Crippen LogP contribution in [0.15, 0.2) is 23.0 Å². The highest BCUT2D eigenvalue weighted by molar-refractivity contribution is 6.24. The summed E-state index contributed by atoms with van der Waals surface area (Å²) >= 11 is 0. The van der Waals surface area contributed by atoms with Gasteiger partial charge in [-0.05, 0) is 51.5 Å². The molecule has 226 valence electrons. The number of nitrogens with one attached hydrogen (secondary N) is 2. The van der Waals surface area contributed by atoms with Crippen molar-refractivity contribution in [1.82, 2.24) is 10.2 Å². The predicted molar refractivity (Wildman–Crippen MR) is 156 cm³/mol. The highest BCUT2D eigenvalue weighted by atomic mass is 35.5. The summed E-state index contributed by atoms with van der Waals surface area (Å²) in [5.41, 5.74) is 2.44. The summed E-state index contributed by atoms with van der Waals surface area (Å²) in [6.07, 6.45) is 0.125. The van der Waals surface area contributed by atoms with Crippen LogP contribution in [0.3, 0.4) is 0 Å². The van der Waals surface area contributed by atoms with E-state index in [-0.39, 0.29) is 61.0 Å². The zero-order valence-corrected chi connectivity index (χ0v) is 24.8. The first-order valence-corrected chi connectivity index (χ1v) is 12.3. The van der Waals surface area contributed by atoms with Crippen LogP contribution in [0.4, 0.5) is 11.4 Å². The quantitative estimate of drug-likeness (QED) is 0.168. The van der Waals surface area contributed by atoms with Gasteiger partial charge in [-0.2, -0.15) is 0 Å². The molecule has 41 heavy (non-hydrogen) atoms. The number of amides is 2. The number of hydrogen-bond acceptors (Lipinski definition) is 11. The number of anilines is 2. The molecule has 1 saturated carbocycles. The Morgan fingerprint density at radius 1 is 1.12 bits per heavy atom. The molecule has 1 aromatic rings. The number of aliphatic hydroxyl groups is 3. The van der Waals surface area contributed by atoms with Crippen LogP contribution in [0.5, 0.6) is 5.75 Å². The third-order valence-corrected chi connectivity index (χ3v) is 7.79. The number of hydrogen-bond donors (Lipinski definition) is 7. The maximum Gasteiger partial charge on any atom is 0.255 e. The van der Waals surface area contributed by atoms with Gasteiger partial charge in [-0.1, -0.05) is 0 Å². The molecule has 15 heteroatoms. The van der Waals surface area contributed by atoms with Gasteiger partial charge < -0.3 is 41.7 Å². The van der Waals surface area contributed by atoms with Crippen LogP contribution >= 0.6 is 24.8 Å². The second-order valence-electron chi connectivity index (χ2n) is 10.6. The number of phenolic OH excluding ortho intramolecular Hbond substituents is 1. The number of Topliss-reactive ketones (excluding diaryl/α,β-unsaturated/α-hetero) is 2. The van der Waals surface area contributed by atoms with E-state index in [9.17, 15) is 39.6 Å². The minimum Gasteiger partial charge on any atom is -0.508 e. The predicted octanol–water partition coefficient (Wildman–Crippen LogP) is 0.0315. The fourth-order valence-electron chi connectivity index (χ4n) is 6.14. The molecule has 8 N–H and O–H groups in total. The van der Waals surface area contributed by atoms with Crippen molar-refractivity contribution in [2.24, 2.45) is 17.6 Å². The molecule has 0 aromatic heterocycles. The smallest absolute Gasteiger partial charge is 0.255 e. The molecule has 4 rings (SSSR count). The zero-order chi connectivity index (χ0) is 29.1. The van der Waals surface area contributed by atoms with E-state index in [1.54, 1.807) is 46.2 Å². The maximum absolute atomic E-state index is 14.0. The fraction of sp³-hybridized carbons (Fsp3) is 0.462. The second-order valence-corrected chi connectivity index (χ2v) is 10.6. The molecule has 4 atom stereocenters. The molecule has 0 bridgehead atoms. The number of rotatable bonds is 6. The molecular weight excluding hydrogens is 581 g/mol. The van der Waals surface area contributed by atoms with E-state index in [1.165, 1.54) is 4.90 Å². The minimum atomic E-state index is -2.72. The van der Waals surface area contributed by atoms with Crippen LogP contribution in [0.25, 0.3) is 5.76 Å². The molecular formula is C26H35Cl2N5O8. The lowest BCUT2D eigenvalue weighted by Crippen LogP contribution is -2.65. The van der Waals surface area contributed by atoms with E-state index < -0.39 is 69.7 Å². The average Bonchev–Trinajstić information content (AvgIpc) is 2.82. The van der Waals surface area contributed by atoms with Gasteiger partial charge >= 0.3 is 0 Å². The molecule has 0 heterocycles. The topological polar surface area (TPSA) is 206 Å². The molecule has 2 unspecified atom stereocenters. The Bertz CT molecular complexity index is 1380. The van der Waals surface area contributed by atoms with Crippen molar-refractivity contribution in [3.63, 3.8) is 0 Å². The highest BCUT2D eigenvalue weighted by Crippen LogP contribution is 2.54. The lowest BCUT2D eigenvalue weighted by Gasteiger charge is -2.50. The van der Waals surface area contributed by atoms with Crippen molar-refractivity contribution >= 4 is 65.3 Å². The molecule has 1 fully saturated rings. The van der Waals surface area contributed by atoms with Crippen LogP contribution in [-0.2, 0) is 25.6 Å². The van der Waals surface area contributed by atoms with E-state index in [0.717, 1.165) is 0 Å². The van der Waals surface area contributed by atoms with Gasteiger partial charge in [-0.15, -0.1) is 24.8 Å². The standard InChI is InChI=1S/C26H33N5O8.2ClH/c1-28-9-15(32)29-13-8-14(30(2)3)11-6-10-7-12-19(31(4)5)22(35)18(25(27)38)24(37)26(12,39)23(36)16(10)21(34)17(11)20(13)33;;/h8,10,12,19,28,33-34,37,39H,6-7,9H2,1-5H3,(H2,27,38)(H,29,32);2*1H/t10?,12?,19-,26-;;/m0../s1. The number of phenols is 1. The number of nitrogens with zero attached hydrogens (tertiary/aromatic N) is 2. The van der Waals surface area contributed by atoms with Gasteiger partial charge in [0.25, 0.3) is 5.91 Å². The molecule has 13 nitrogen and oxygen atoms in total. The normalized spacial score (nSPS) is 25.0. The van der Waals surface area contributed by atoms with Gasteiger partial charge in [-0.25, -0.2) is 0 Å². The molecule has 0 saturated heterocycles. The molecule has 3 aliphatic rings. The molecule has 2 amide bonds. The lowest BCUT2D eigenvalue weighted by atomic mass is 9.57. The first-order valence-electron chi connectivity index (χ1n) is 12.3. The van der Waals surface area contributed by atoms with E-state index >= 15 is 0 Å². The Balaban J connectivity index is 0.00000294. The first-order chi connectivity index (χ1) is 18.2. The third kappa shape index (κ3) is 5.01. The first kappa shape index (κ1) is 33.8. The van der Waals surface area contributed by atoms with Crippen LogP contribution < -0.4 is 21.3 Å². The van der Waals surface area contributed by atoms with Crippen molar-refractivity contribution in [3.05, 3.63) is 34.1 Å². The van der Waals surface area contributed by atoms with Gasteiger partial charge in [0.2, 0.25) is 11.7 Å². The highest BCUT2D eigenvalue weighted by Gasteiger charge is 2.64. The second kappa shape index (κ2) is 11.9. The fourth-order valence-corrected chi connectivity index (χ4v) is 6.14. The Labute approximate surface area is 248 Å². The van der Waals surface area contributed by atoms with Crippen LogP contribution in [0.1, 0.15) is 17.5 Å². The molecule has 1 aromatic carbocycles. The van der Waals surface area contributed by atoms with Gasteiger partial charge in [0, 0.05) is 31.3 Å². The van der Waals surface area contributed by atoms with Crippen LogP contribution in [-0.4, -0.2) is 102 Å². The summed E-state index contributed by atoms with van der Waals surface area (Å²) in [5.74, 6) is -7.78. The molecule has 0 spiro atoms. The number of carbonyl (C=O) groups excluding carboxylic acids is 4. The van der Waals surface area contributed by atoms with Gasteiger partial charge in [0.05, 0.1) is 23.8 Å². The summed E-state index contributed by atoms with van der Waals surface area (Å²) in [6, 6.07) is 0.399. The van der Waals surface area contributed by atoms with E-state index in [1.807, 2.05) is 0 Å². The average molecular weight is 616 g/mol. The number of carbonyl (C=O) groups is 4. The van der Waals surface area contributed by atoms with Crippen molar-refractivity contribution in [3.8, 4) is 5.75 Å². The van der Waals surface area contributed by atoms with Gasteiger partial charge in [0.15, 0.2) is 11.4 Å². The zero-order valence-electron chi connectivity index (χ0n) is 23.1. The number of aliphatic hydroxyl groups excluding tert-OH is 2.